The molecule has 2 aromatic carbocycles. The molecule has 1 unspecified atom stereocenters. The van der Waals surface area contributed by atoms with Crippen LogP contribution in [0.2, 0.25) is 0 Å². The number of carbonyl (C=O) groups excluding carboxylic acids is 1. The zero-order valence-corrected chi connectivity index (χ0v) is 22.7. The lowest BCUT2D eigenvalue weighted by Crippen LogP contribution is -2.62. The molecule has 38 heavy (non-hydrogen) atoms. The molecule has 0 aromatic heterocycles. The molecule has 0 aliphatic carbocycles. The Morgan fingerprint density at radius 2 is 1.74 bits per heavy atom. The molecule has 1 amide bonds. The summed E-state index contributed by atoms with van der Waals surface area (Å²) in [4.78, 5) is 16.6. The third-order valence-electron chi connectivity index (χ3n) is 7.31. The monoisotopic (exact) mass is 572 g/mol. The quantitative estimate of drug-likeness (QED) is 0.461. The lowest BCUT2D eigenvalue weighted by atomic mass is 9.95. The second kappa shape index (κ2) is 10.7. The number of piperazine rings is 2. The van der Waals surface area contributed by atoms with Crippen LogP contribution in [0.5, 0.6) is 0 Å². The number of benzene rings is 2. The number of rotatable bonds is 6. The Kier molecular flexibility index (Phi) is 8.06. The number of nitrogens with one attached hydrogen (secondary N) is 1. The number of anilines is 1. The number of alkyl halides is 3. The summed E-state index contributed by atoms with van der Waals surface area (Å²) in [5.41, 5.74) is -2.70. The highest BCUT2D eigenvalue weighted by atomic mass is 32.2. The smallest absolute Gasteiger partial charge is 0.376 e. The van der Waals surface area contributed by atoms with Crippen molar-refractivity contribution in [3.8, 4) is 0 Å². The fourth-order valence-electron chi connectivity index (χ4n) is 4.85. The molecule has 208 valence electrons. The van der Waals surface area contributed by atoms with Gasteiger partial charge in [-0.25, -0.2) is 8.42 Å². The summed E-state index contributed by atoms with van der Waals surface area (Å²) in [6.07, 6.45) is -4.84. The number of sulfonamides is 1. The van der Waals surface area contributed by atoms with Gasteiger partial charge in [0, 0.05) is 49.9 Å². The maximum Gasteiger partial charge on any atom is 0.421 e. The van der Waals surface area contributed by atoms with E-state index in [0.717, 1.165) is 0 Å². The summed E-state index contributed by atoms with van der Waals surface area (Å²) in [5.74, 6) is -0.120. The van der Waals surface area contributed by atoms with E-state index in [1.807, 2.05) is 9.80 Å². The average Bonchev–Trinajstić information content (AvgIpc) is 2.86. The highest BCUT2D eigenvalue weighted by molar-refractivity contribution is 7.90. The molecule has 2 aliphatic rings. The third-order valence-corrected chi connectivity index (χ3v) is 9.78. The molecule has 0 bridgehead atoms. The summed E-state index contributed by atoms with van der Waals surface area (Å²) in [7, 11) is -3.86. The molecular formula is C25H31F3N4O4S2. The van der Waals surface area contributed by atoms with Gasteiger partial charge in [-0.05, 0) is 43.7 Å². The maximum atomic E-state index is 13.5. The standard InChI is InChI=1S/C25H31F3N4O4S2/c1-17-23(33)29-11-12-30(17)15-20-16-31(38(35,36)22-6-4-3-5-21(22)37)13-14-32(20)19-9-7-18(8-10-19)24(2,34)25(26,27)28/h3-10,17,20,34,37H,11-16H2,1-2H3,(H,29,33)/t17-,20-,24?/m0/s1. The van der Waals surface area contributed by atoms with E-state index in [4.69, 9.17) is 0 Å². The van der Waals surface area contributed by atoms with Crippen LogP contribution in [0.3, 0.4) is 0 Å². The molecule has 4 rings (SSSR count). The van der Waals surface area contributed by atoms with Crippen LogP contribution in [0.15, 0.2) is 58.3 Å². The lowest BCUT2D eigenvalue weighted by molar-refractivity contribution is -0.258. The summed E-state index contributed by atoms with van der Waals surface area (Å²) < 4.78 is 68.4. The summed E-state index contributed by atoms with van der Waals surface area (Å²) in [6.45, 7) is 4.43. The predicted molar refractivity (Wildman–Crippen MR) is 140 cm³/mol. The topological polar surface area (TPSA) is 93.2 Å². The Hall–Kier alpha value is -2.32. The molecule has 2 aromatic rings. The van der Waals surface area contributed by atoms with Gasteiger partial charge in [0.25, 0.3) is 0 Å². The van der Waals surface area contributed by atoms with E-state index in [2.05, 4.69) is 17.9 Å². The van der Waals surface area contributed by atoms with Gasteiger partial charge in [-0.1, -0.05) is 24.3 Å². The third kappa shape index (κ3) is 5.53. The minimum Gasteiger partial charge on any atom is -0.376 e. The number of carbonyl (C=O) groups is 1. The van der Waals surface area contributed by atoms with Crippen molar-refractivity contribution < 1.29 is 31.5 Å². The zero-order valence-electron chi connectivity index (χ0n) is 21.0. The summed E-state index contributed by atoms with van der Waals surface area (Å²) in [6, 6.07) is 11.1. The van der Waals surface area contributed by atoms with Crippen LogP contribution >= 0.6 is 12.6 Å². The van der Waals surface area contributed by atoms with E-state index in [0.29, 0.717) is 37.1 Å². The first-order valence-electron chi connectivity index (χ1n) is 12.2. The second-order valence-corrected chi connectivity index (χ2v) is 12.1. The molecule has 0 radical (unpaired) electrons. The Bertz CT molecular complexity index is 1270. The van der Waals surface area contributed by atoms with Gasteiger partial charge in [0.15, 0.2) is 5.60 Å². The SMILES string of the molecule is C[C@H]1C(=O)NCCN1C[C@H]1CN(S(=O)(=O)c2ccccc2S)CCN1c1ccc(C(C)(O)C(F)(F)F)cc1. The molecule has 13 heteroatoms. The molecule has 3 atom stereocenters. The van der Waals surface area contributed by atoms with Gasteiger partial charge in [0.2, 0.25) is 15.9 Å². The Labute approximate surface area is 225 Å². The largest absolute Gasteiger partial charge is 0.421 e. The van der Waals surface area contributed by atoms with Crippen LogP contribution in [-0.4, -0.2) is 86.2 Å². The predicted octanol–water partition coefficient (Wildman–Crippen LogP) is 2.44. The number of amides is 1. The lowest BCUT2D eigenvalue weighted by Gasteiger charge is -2.45. The van der Waals surface area contributed by atoms with Crippen molar-refractivity contribution in [2.24, 2.45) is 0 Å². The molecule has 2 saturated heterocycles. The first-order chi connectivity index (χ1) is 17.7. The molecule has 0 saturated carbocycles. The number of nitrogens with zero attached hydrogens (tertiary/aromatic N) is 3. The molecule has 2 N–H and O–H groups in total. The minimum absolute atomic E-state index is 0.0972. The van der Waals surface area contributed by atoms with Gasteiger partial charge < -0.3 is 15.3 Å². The van der Waals surface area contributed by atoms with E-state index >= 15 is 0 Å². The fourth-order valence-corrected chi connectivity index (χ4v) is 6.90. The summed E-state index contributed by atoms with van der Waals surface area (Å²) >= 11 is 4.32. The second-order valence-electron chi connectivity index (χ2n) is 9.76. The van der Waals surface area contributed by atoms with Crippen molar-refractivity contribution in [2.45, 2.75) is 47.5 Å². The van der Waals surface area contributed by atoms with Crippen molar-refractivity contribution >= 4 is 34.2 Å². The molecule has 2 fully saturated rings. The van der Waals surface area contributed by atoms with Gasteiger partial charge in [-0.3, -0.25) is 9.69 Å². The Balaban J connectivity index is 1.64. The van der Waals surface area contributed by atoms with E-state index in [9.17, 15) is 31.5 Å². The van der Waals surface area contributed by atoms with Gasteiger partial charge in [0.05, 0.1) is 17.0 Å². The van der Waals surface area contributed by atoms with Crippen LogP contribution < -0.4 is 10.2 Å². The van der Waals surface area contributed by atoms with Crippen molar-refractivity contribution in [2.75, 3.05) is 44.2 Å². The van der Waals surface area contributed by atoms with Crippen LogP contribution in [0.1, 0.15) is 19.4 Å². The molecular weight excluding hydrogens is 541 g/mol. The van der Waals surface area contributed by atoms with Crippen molar-refractivity contribution in [3.63, 3.8) is 0 Å². The number of aliphatic hydroxyl groups is 1. The van der Waals surface area contributed by atoms with Crippen LogP contribution in [0, 0.1) is 0 Å². The van der Waals surface area contributed by atoms with Gasteiger partial charge in [-0.15, -0.1) is 12.6 Å². The zero-order chi connectivity index (χ0) is 27.9. The first kappa shape index (κ1) is 28.7. The molecule has 2 aliphatic heterocycles. The van der Waals surface area contributed by atoms with Crippen LogP contribution in [0.4, 0.5) is 18.9 Å². The van der Waals surface area contributed by atoms with Crippen molar-refractivity contribution in [1.29, 1.82) is 0 Å². The minimum atomic E-state index is -4.84. The highest BCUT2D eigenvalue weighted by Gasteiger charge is 2.51. The number of halogens is 3. The van der Waals surface area contributed by atoms with Gasteiger partial charge in [-0.2, -0.15) is 17.5 Å². The highest BCUT2D eigenvalue weighted by Crippen LogP contribution is 2.39. The normalized spacial score (nSPS) is 23.7. The number of hydrogen-bond acceptors (Lipinski definition) is 7. The molecule has 8 nitrogen and oxygen atoms in total. The van der Waals surface area contributed by atoms with Crippen molar-refractivity contribution in [1.82, 2.24) is 14.5 Å². The van der Waals surface area contributed by atoms with E-state index in [-0.39, 0.29) is 36.0 Å². The maximum absolute atomic E-state index is 13.5. The van der Waals surface area contributed by atoms with Crippen molar-refractivity contribution in [3.05, 3.63) is 54.1 Å². The Morgan fingerprint density at radius 3 is 2.37 bits per heavy atom. The molecule has 2 heterocycles. The molecule has 0 spiro atoms. The van der Waals surface area contributed by atoms with E-state index < -0.39 is 33.9 Å². The average molecular weight is 573 g/mol. The van der Waals surface area contributed by atoms with Crippen LogP contribution in [-0.2, 0) is 20.4 Å². The Morgan fingerprint density at radius 1 is 1.08 bits per heavy atom. The van der Waals surface area contributed by atoms with E-state index in [1.165, 1.54) is 34.6 Å². The fraction of sp³-hybridized carbons (Fsp3) is 0.480. The summed E-state index contributed by atoms with van der Waals surface area (Å²) in [5, 5.41) is 12.8. The first-order valence-corrected chi connectivity index (χ1v) is 14.1. The number of hydrogen-bond donors (Lipinski definition) is 3. The van der Waals surface area contributed by atoms with Gasteiger partial charge >= 0.3 is 6.18 Å². The van der Waals surface area contributed by atoms with E-state index in [1.54, 1.807) is 25.1 Å². The van der Waals surface area contributed by atoms with Crippen LogP contribution in [0.25, 0.3) is 0 Å². The van der Waals surface area contributed by atoms with Gasteiger partial charge in [0.1, 0.15) is 0 Å². The number of thiol groups is 1.